The Bertz CT molecular complexity index is 452. The highest BCUT2D eigenvalue weighted by atomic mass is 16.5. The summed E-state index contributed by atoms with van der Waals surface area (Å²) in [5.41, 5.74) is 3.54. The van der Waals surface area contributed by atoms with Crippen LogP contribution in [0, 0.1) is 13.8 Å². The maximum Gasteiger partial charge on any atom is 0.129 e. The van der Waals surface area contributed by atoms with Gasteiger partial charge in [-0.1, -0.05) is 17.7 Å². The van der Waals surface area contributed by atoms with Crippen molar-refractivity contribution in [2.45, 2.75) is 39.7 Å². The third-order valence-corrected chi connectivity index (χ3v) is 3.40. The number of ketones is 1. The zero-order valence-corrected chi connectivity index (χ0v) is 12.9. The Morgan fingerprint density at radius 3 is 2.42 bits per heavy atom. The van der Waals surface area contributed by atoms with Gasteiger partial charge in [-0.15, -0.1) is 0 Å². The van der Waals surface area contributed by atoms with E-state index in [9.17, 15) is 4.79 Å². The number of methoxy groups -OCH3 is 1. The third-order valence-electron chi connectivity index (χ3n) is 3.40. The average molecular weight is 263 g/mol. The topological polar surface area (TPSA) is 29.5 Å². The first kappa shape index (κ1) is 15.7. The molecule has 0 aromatic heterocycles. The number of nitrogens with zero attached hydrogens (tertiary/aromatic N) is 1. The molecule has 0 amide bonds. The molecule has 3 heteroatoms. The minimum atomic E-state index is 0.206. The SMILES string of the molecule is COc1c(C)cc(C)cc1C(CCC(C)=O)N(C)C. The Hall–Kier alpha value is -1.35. The van der Waals surface area contributed by atoms with Gasteiger partial charge in [0.15, 0.2) is 0 Å². The Morgan fingerprint density at radius 1 is 1.32 bits per heavy atom. The van der Waals surface area contributed by atoms with Crippen molar-refractivity contribution in [2.24, 2.45) is 0 Å². The van der Waals surface area contributed by atoms with Crippen molar-refractivity contribution in [3.8, 4) is 5.75 Å². The molecule has 0 spiro atoms. The van der Waals surface area contributed by atoms with Crippen LogP contribution >= 0.6 is 0 Å². The molecule has 1 atom stereocenters. The lowest BCUT2D eigenvalue weighted by Crippen LogP contribution is -2.21. The van der Waals surface area contributed by atoms with Crippen molar-refractivity contribution >= 4 is 5.78 Å². The van der Waals surface area contributed by atoms with E-state index in [4.69, 9.17) is 4.74 Å². The van der Waals surface area contributed by atoms with Gasteiger partial charge in [-0.25, -0.2) is 0 Å². The van der Waals surface area contributed by atoms with E-state index >= 15 is 0 Å². The second-order valence-corrected chi connectivity index (χ2v) is 5.42. The van der Waals surface area contributed by atoms with Crippen LogP contribution in [0.5, 0.6) is 5.75 Å². The first-order valence-electron chi connectivity index (χ1n) is 6.67. The van der Waals surface area contributed by atoms with Crippen LogP contribution in [-0.4, -0.2) is 31.9 Å². The maximum absolute atomic E-state index is 11.2. The molecule has 0 radical (unpaired) electrons. The number of rotatable bonds is 6. The Labute approximate surface area is 116 Å². The van der Waals surface area contributed by atoms with E-state index < -0.39 is 0 Å². The third kappa shape index (κ3) is 4.06. The van der Waals surface area contributed by atoms with E-state index in [0.29, 0.717) is 6.42 Å². The number of benzene rings is 1. The average Bonchev–Trinajstić information content (AvgIpc) is 2.27. The fourth-order valence-electron chi connectivity index (χ4n) is 2.55. The van der Waals surface area contributed by atoms with Crippen LogP contribution in [0.2, 0.25) is 0 Å². The molecular formula is C16H25NO2. The molecule has 106 valence electrons. The van der Waals surface area contributed by atoms with Gasteiger partial charge in [0.2, 0.25) is 0 Å². The van der Waals surface area contributed by atoms with Crippen LogP contribution in [0.3, 0.4) is 0 Å². The molecule has 0 aliphatic carbocycles. The van der Waals surface area contributed by atoms with E-state index in [-0.39, 0.29) is 11.8 Å². The normalized spacial score (nSPS) is 12.6. The van der Waals surface area contributed by atoms with Crippen molar-refractivity contribution in [3.63, 3.8) is 0 Å². The lowest BCUT2D eigenvalue weighted by atomic mass is 9.95. The molecule has 0 aliphatic rings. The highest BCUT2D eigenvalue weighted by molar-refractivity contribution is 5.75. The summed E-state index contributed by atoms with van der Waals surface area (Å²) >= 11 is 0. The maximum atomic E-state index is 11.2. The lowest BCUT2D eigenvalue weighted by molar-refractivity contribution is -0.117. The van der Waals surface area contributed by atoms with Crippen LogP contribution in [-0.2, 0) is 4.79 Å². The fourth-order valence-corrected chi connectivity index (χ4v) is 2.55. The molecule has 1 unspecified atom stereocenters. The van der Waals surface area contributed by atoms with Crippen molar-refractivity contribution in [2.75, 3.05) is 21.2 Å². The standard InChI is InChI=1S/C16H25NO2/c1-11-9-12(2)16(19-6)14(10-11)15(17(4)5)8-7-13(3)18/h9-10,15H,7-8H2,1-6H3. The molecule has 1 rings (SSSR count). The van der Waals surface area contributed by atoms with Crippen LogP contribution in [0.4, 0.5) is 0 Å². The molecule has 0 aliphatic heterocycles. The molecule has 0 fully saturated rings. The van der Waals surface area contributed by atoms with E-state index in [0.717, 1.165) is 17.7 Å². The van der Waals surface area contributed by atoms with E-state index in [1.807, 2.05) is 14.1 Å². The van der Waals surface area contributed by atoms with Gasteiger partial charge in [0.25, 0.3) is 0 Å². The lowest BCUT2D eigenvalue weighted by Gasteiger charge is -2.27. The highest BCUT2D eigenvalue weighted by Gasteiger charge is 2.20. The zero-order valence-electron chi connectivity index (χ0n) is 12.9. The summed E-state index contributed by atoms with van der Waals surface area (Å²) < 4.78 is 5.56. The molecule has 19 heavy (non-hydrogen) atoms. The minimum Gasteiger partial charge on any atom is -0.496 e. The molecule has 0 saturated heterocycles. The number of carbonyl (C=O) groups is 1. The highest BCUT2D eigenvalue weighted by Crippen LogP contribution is 2.34. The van der Waals surface area contributed by atoms with Crippen LogP contribution in [0.1, 0.15) is 42.5 Å². The van der Waals surface area contributed by atoms with E-state index in [1.54, 1.807) is 14.0 Å². The van der Waals surface area contributed by atoms with Gasteiger partial charge in [0.05, 0.1) is 7.11 Å². The predicted octanol–water partition coefficient (Wildman–Crippen LogP) is 3.28. The van der Waals surface area contributed by atoms with E-state index in [2.05, 4.69) is 30.9 Å². The van der Waals surface area contributed by atoms with Gasteiger partial charge in [-0.2, -0.15) is 0 Å². The molecule has 3 nitrogen and oxygen atoms in total. The first-order chi connectivity index (χ1) is 8.86. The van der Waals surface area contributed by atoms with Crippen molar-refractivity contribution in [1.29, 1.82) is 0 Å². The summed E-state index contributed by atoms with van der Waals surface area (Å²) in [5.74, 6) is 1.17. The number of hydrogen-bond donors (Lipinski definition) is 0. The predicted molar refractivity (Wildman–Crippen MR) is 78.8 cm³/mol. The van der Waals surface area contributed by atoms with Gasteiger partial charge >= 0.3 is 0 Å². The van der Waals surface area contributed by atoms with Gasteiger partial charge in [0, 0.05) is 18.0 Å². The molecule has 1 aromatic carbocycles. The van der Waals surface area contributed by atoms with Crippen LogP contribution in [0.15, 0.2) is 12.1 Å². The molecular weight excluding hydrogens is 238 g/mol. The van der Waals surface area contributed by atoms with Gasteiger partial charge in [0.1, 0.15) is 11.5 Å². The van der Waals surface area contributed by atoms with Gasteiger partial charge < -0.3 is 14.4 Å². The first-order valence-corrected chi connectivity index (χ1v) is 6.67. The summed E-state index contributed by atoms with van der Waals surface area (Å²) in [6.45, 7) is 5.80. The summed E-state index contributed by atoms with van der Waals surface area (Å²) in [6, 6.07) is 4.49. The smallest absolute Gasteiger partial charge is 0.129 e. The summed E-state index contributed by atoms with van der Waals surface area (Å²) in [5, 5.41) is 0. The van der Waals surface area contributed by atoms with Gasteiger partial charge in [-0.05, 0) is 46.9 Å². The Balaban J connectivity index is 3.17. The van der Waals surface area contributed by atoms with Crippen LogP contribution in [0.25, 0.3) is 0 Å². The fraction of sp³-hybridized carbons (Fsp3) is 0.562. The van der Waals surface area contributed by atoms with Crippen molar-refractivity contribution in [3.05, 3.63) is 28.8 Å². The second kappa shape index (κ2) is 6.71. The molecule has 0 heterocycles. The van der Waals surface area contributed by atoms with Crippen molar-refractivity contribution < 1.29 is 9.53 Å². The monoisotopic (exact) mass is 263 g/mol. The van der Waals surface area contributed by atoms with Gasteiger partial charge in [-0.3, -0.25) is 0 Å². The second-order valence-electron chi connectivity index (χ2n) is 5.42. The quantitative estimate of drug-likeness (QED) is 0.789. The number of Topliss-reactive ketones (excluding diaryl/α,β-unsaturated/α-hetero) is 1. The number of ether oxygens (including phenoxy) is 1. The molecule has 0 bridgehead atoms. The number of aryl methyl sites for hydroxylation is 2. The van der Waals surface area contributed by atoms with Crippen molar-refractivity contribution in [1.82, 2.24) is 4.90 Å². The van der Waals surface area contributed by atoms with E-state index in [1.165, 1.54) is 11.1 Å². The minimum absolute atomic E-state index is 0.206. The Morgan fingerprint density at radius 2 is 1.95 bits per heavy atom. The zero-order chi connectivity index (χ0) is 14.6. The number of hydrogen-bond acceptors (Lipinski definition) is 3. The largest absolute Gasteiger partial charge is 0.496 e. The molecule has 0 saturated carbocycles. The summed E-state index contributed by atoms with van der Waals surface area (Å²) in [6.07, 6.45) is 1.42. The number of carbonyl (C=O) groups excluding carboxylic acids is 1. The molecule has 0 N–H and O–H groups in total. The summed E-state index contributed by atoms with van der Waals surface area (Å²) in [4.78, 5) is 13.4. The molecule has 1 aromatic rings. The Kier molecular flexibility index (Phi) is 5.55. The summed E-state index contributed by atoms with van der Waals surface area (Å²) in [7, 11) is 5.79. The van der Waals surface area contributed by atoms with Crippen LogP contribution < -0.4 is 4.74 Å².